The molecule has 0 saturated carbocycles. The third-order valence-electron chi connectivity index (χ3n) is 4.30. The van der Waals surface area contributed by atoms with Crippen LogP contribution >= 0.6 is 12.4 Å². The van der Waals surface area contributed by atoms with Gasteiger partial charge in [-0.05, 0) is 43.0 Å². The summed E-state index contributed by atoms with van der Waals surface area (Å²) in [6.45, 7) is 3.34. The van der Waals surface area contributed by atoms with Crippen LogP contribution in [0.15, 0.2) is 24.3 Å². The standard InChI is InChI=1S/C17H23FN2O2.ClH/c1-12-8-9-20(15(10-12)11-19)17(22)7-6-16(21)13-2-4-14(18)5-3-13;/h2-5,12,15H,6-11,19H2,1H3;1H. The van der Waals surface area contributed by atoms with E-state index >= 15 is 0 Å². The summed E-state index contributed by atoms with van der Waals surface area (Å²) in [5, 5.41) is 0. The fraction of sp³-hybridized carbons (Fsp3) is 0.529. The number of piperidine rings is 1. The second kappa shape index (κ2) is 8.99. The number of likely N-dealkylation sites (tertiary alicyclic amines) is 1. The van der Waals surface area contributed by atoms with Gasteiger partial charge in [0, 0.05) is 37.5 Å². The topological polar surface area (TPSA) is 63.4 Å². The lowest BCUT2D eigenvalue weighted by Gasteiger charge is -2.38. The van der Waals surface area contributed by atoms with Crippen molar-refractivity contribution in [3.63, 3.8) is 0 Å². The first-order chi connectivity index (χ1) is 10.5. The smallest absolute Gasteiger partial charge is 0.223 e. The maximum absolute atomic E-state index is 12.8. The summed E-state index contributed by atoms with van der Waals surface area (Å²) < 4.78 is 12.8. The van der Waals surface area contributed by atoms with Crippen LogP contribution in [-0.4, -0.2) is 35.7 Å². The van der Waals surface area contributed by atoms with Crippen molar-refractivity contribution in [3.8, 4) is 0 Å². The van der Waals surface area contributed by atoms with Crippen LogP contribution in [0, 0.1) is 11.7 Å². The molecule has 4 nitrogen and oxygen atoms in total. The molecule has 0 radical (unpaired) electrons. The molecule has 0 bridgehead atoms. The van der Waals surface area contributed by atoms with Gasteiger partial charge in [0.1, 0.15) is 5.82 Å². The zero-order valence-electron chi connectivity index (χ0n) is 13.3. The molecule has 0 spiro atoms. The maximum atomic E-state index is 12.8. The number of benzene rings is 1. The van der Waals surface area contributed by atoms with E-state index in [9.17, 15) is 14.0 Å². The van der Waals surface area contributed by atoms with Crippen molar-refractivity contribution in [2.24, 2.45) is 11.7 Å². The SMILES string of the molecule is CC1CCN(C(=O)CCC(=O)c2ccc(F)cc2)C(CN)C1.Cl. The van der Waals surface area contributed by atoms with E-state index in [1.54, 1.807) is 0 Å². The van der Waals surface area contributed by atoms with Gasteiger partial charge in [-0.2, -0.15) is 0 Å². The van der Waals surface area contributed by atoms with Crippen LogP contribution in [0.25, 0.3) is 0 Å². The summed E-state index contributed by atoms with van der Waals surface area (Å²) in [7, 11) is 0. The van der Waals surface area contributed by atoms with Crippen molar-refractivity contribution in [2.45, 2.75) is 38.6 Å². The highest BCUT2D eigenvalue weighted by Crippen LogP contribution is 2.23. The minimum Gasteiger partial charge on any atom is -0.338 e. The third kappa shape index (κ3) is 5.29. The first-order valence-corrected chi connectivity index (χ1v) is 7.79. The lowest BCUT2D eigenvalue weighted by Crippen LogP contribution is -2.49. The van der Waals surface area contributed by atoms with Gasteiger partial charge in [-0.1, -0.05) is 6.92 Å². The molecule has 1 aliphatic rings. The quantitative estimate of drug-likeness (QED) is 0.837. The van der Waals surface area contributed by atoms with Crippen molar-refractivity contribution in [1.29, 1.82) is 0 Å². The Bertz CT molecular complexity index is 536. The molecule has 2 atom stereocenters. The fourth-order valence-corrected chi connectivity index (χ4v) is 2.95. The number of rotatable bonds is 5. The Hall–Kier alpha value is -1.46. The molecular weight excluding hydrogens is 319 g/mol. The van der Waals surface area contributed by atoms with Crippen LogP contribution in [0.5, 0.6) is 0 Å². The number of nitrogens with zero attached hydrogens (tertiary/aromatic N) is 1. The number of carbonyl (C=O) groups is 2. The minimum absolute atomic E-state index is 0. The van der Waals surface area contributed by atoms with Crippen LogP contribution < -0.4 is 5.73 Å². The van der Waals surface area contributed by atoms with Crippen LogP contribution in [0.4, 0.5) is 4.39 Å². The van der Waals surface area contributed by atoms with Gasteiger partial charge in [-0.3, -0.25) is 9.59 Å². The fourth-order valence-electron chi connectivity index (χ4n) is 2.95. The second-order valence-corrected chi connectivity index (χ2v) is 6.04. The molecule has 128 valence electrons. The molecule has 2 N–H and O–H groups in total. The molecule has 1 saturated heterocycles. The molecule has 1 aromatic carbocycles. The van der Waals surface area contributed by atoms with Crippen molar-refractivity contribution in [3.05, 3.63) is 35.6 Å². The van der Waals surface area contributed by atoms with Crippen molar-refractivity contribution < 1.29 is 14.0 Å². The van der Waals surface area contributed by atoms with Crippen LogP contribution in [0.3, 0.4) is 0 Å². The Morgan fingerprint density at radius 2 is 1.91 bits per heavy atom. The number of halogens is 2. The summed E-state index contributed by atoms with van der Waals surface area (Å²) in [5.74, 6) is 0.0557. The predicted molar refractivity (Wildman–Crippen MR) is 90.2 cm³/mol. The molecule has 6 heteroatoms. The average molecular weight is 343 g/mol. The number of ketones is 1. The van der Waals surface area contributed by atoms with Gasteiger partial charge in [0.05, 0.1) is 0 Å². The molecule has 2 rings (SSSR count). The summed E-state index contributed by atoms with van der Waals surface area (Å²) in [5.41, 5.74) is 6.20. The van der Waals surface area contributed by atoms with Gasteiger partial charge in [0.15, 0.2) is 5.78 Å². The summed E-state index contributed by atoms with van der Waals surface area (Å²) in [6, 6.07) is 5.50. The number of nitrogens with two attached hydrogens (primary N) is 1. The van der Waals surface area contributed by atoms with Gasteiger partial charge in [-0.25, -0.2) is 4.39 Å². The lowest BCUT2D eigenvalue weighted by atomic mass is 9.92. The van der Waals surface area contributed by atoms with E-state index in [1.165, 1.54) is 24.3 Å². The van der Waals surface area contributed by atoms with E-state index in [1.807, 2.05) is 4.90 Å². The zero-order valence-corrected chi connectivity index (χ0v) is 14.2. The number of amides is 1. The monoisotopic (exact) mass is 342 g/mol. The second-order valence-electron chi connectivity index (χ2n) is 6.04. The van der Waals surface area contributed by atoms with E-state index in [2.05, 4.69) is 6.92 Å². The van der Waals surface area contributed by atoms with Gasteiger partial charge >= 0.3 is 0 Å². The molecule has 1 aliphatic heterocycles. The highest BCUT2D eigenvalue weighted by atomic mass is 35.5. The maximum Gasteiger partial charge on any atom is 0.223 e. The van der Waals surface area contributed by atoms with Crippen LogP contribution in [0.1, 0.15) is 43.0 Å². The predicted octanol–water partition coefficient (Wildman–Crippen LogP) is 2.80. The van der Waals surface area contributed by atoms with Crippen LogP contribution in [0.2, 0.25) is 0 Å². The summed E-state index contributed by atoms with van der Waals surface area (Å²) in [4.78, 5) is 26.2. The first kappa shape index (κ1) is 19.6. The van der Waals surface area contributed by atoms with Crippen LogP contribution in [-0.2, 0) is 4.79 Å². The van der Waals surface area contributed by atoms with Gasteiger partial charge < -0.3 is 10.6 Å². The van der Waals surface area contributed by atoms with E-state index in [0.29, 0.717) is 24.6 Å². The van der Waals surface area contributed by atoms with Gasteiger partial charge in [0.25, 0.3) is 0 Å². The lowest BCUT2D eigenvalue weighted by molar-refractivity contribution is -0.135. The Morgan fingerprint density at radius 1 is 1.26 bits per heavy atom. The number of hydrogen-bond acceptors (Lipinski definition) is 3. The largest absolute Gasteiger partial charge is 0.338 e. The highest BCUT2D eigenvalue weighted by molar-refractivity contribution is 5.97. The zero-order chi connectivity index (χ0) is 16.1. The molecular formula is C17H24ClFN2O2. The molecule has 2 unspecified atom stereocenters. The highest BCUT2D eigenvalue weighted by Gasteiger charge is 2.28. The Kier molecular flexibility index (Phi) is 7.65. The van der Waals surface area contributed by atoms with Crippen molar-refractivity contribution in [1.82, 2.24) is 4.90 Å². The number of carbonyl (C=O) groups excluding carboxylic acids is 2. The molecule has 0 aromatic heterocycles. The van der Waals surface area contributed by atoms with Gasteiger partial charge in [-0.15, -0.1) is 12.4 Å². The summed E-state index contributed by atoms with van der Waals surface area (Å²) in [6.07, 6.45) is 2.23. The molecule has 1 aromatic rings. The molecule has 23 heavy (non-hydrogen) atoms. The van der Waals surface area contributed by atoms with E-state index in [4.69, 9.17) is 5.73 Å². The van der Waals surface area contributed by atoms with E-state index in [-0.39, 0.29) is 48.8 Å². The number of Topliss-reactive ketones (excluding diaryl/α,β-unsaturated/α-hetero) is 1. The molecule has 1 fully saturated rings. The average Bonchev–Trinajstić information content (AvgIpc) is 2.52. The van der Waals surface area contributed by atoms with E-state index in [0.717, 1.165) is 12.8 Å². The normalized spacial score (nSPS) is 20.7. The Morgan fingerprint density at radius 3 is 2.52 bits per heavy atom. The Balaban J connectivity index is 0.00000264. The van der Waals surface area contributed by atoms with E-state index < -0.39 is 0 Å². The first-order valence-electron chi connectivity index (χ1n) is 7.79. The number of hydrogen-bond donors (Lipinski definition) is 1. The minimum atomic E-state index is -0.374. The van der Waals surface area contributed by atoms with Crippen molar-refractivity contribution >= 4 is 24.1 Å². The summed E-state index contributed by atoms with van der Waals surface area (Å²) >= 11 is 0. The molecule has 1 amide bonds. The third-order valence-corrected chi connectivity index (χ3v) is 4.30. The van der Waals surface area contributed by atoms with Crippen molar-refractivity contribution in [2.75, 3.05) is 13.1 Å². The Labute approximate surface area is 142 Å². The van der Waals surface area contributed by atoms with Gasteiger partial charge in [0.2, 0.25) is 5.91 Å². The molecule has 0 aliphatic carbocycles. The molecule has 1 heterocycles.